The van der Waals surface area contributed by atoms with Crippen LogP contribution in [0, 0.1) is 11.8 Å². The minimum Gasteiger partial charge on any atom is -0.303 e. The Bertz CT molecular complexity index is 217. The van der Waals surface area contributed by atoms with E-state index >= 15 is 0 Å². The van der Waals surface area contributed by atoms with E-state index in [4.69, 9.17) is 0 Å². The summed E-state index contributed by atoms with van der Waals surface area (Å²) >= 11 is 0. The number of nitrogens with zero attached hydrogens (tertiary/aromatic N) is 2. The molecule has 1 saturated heterocycles. The minimum atomic E-state index is 0.832. The van der Waals surface area contributed by atoms with Crippen molar-refractivity contribution in [2.24, 2.45) is 11.8 Å². The van der Waals surface area contributed by atoms with Gasteiger partial charge in [0.15, 0.2) is 0 Å². The topological polar surface area (TPSA) is 6.48 Å². The molecule has 2 heteroatoms. The first-order chi connectivity index (χ1) is 8.99. The number of likely N-dealkylation sites (tertiary alicyclic amines) is 1. The average Bonchev–Trinajstić information content (AvgIpc) is 2.36. The summed E-state index contributed by atoms with van der Waals surface area (Å²) in [5.41, 5.74) is 0. The molecule has 0 saturated carbocycles. The predicted molar refractivity (Wildman–Crippen MR) is 85.6 cm³/mol. The lowest BCUT2D eigenvalue weighted by Gasteiger charge is -2.37. The molecule has 0 aliphatic carbocycles. The summed E-state index contributed by atoms with van der Waals surface area (Å²) in [5, 5.41) is 0. The Labute approximate surface area is 121 Å². The molecular formula is C17H36N2. The van der Waals surface area contributed by atoms with Crippen LogP contribution in [0.2, 0.25) is 0 Å². The van der Waals surface area contributed by atoms with Gasteiger partial charge < -0.3 is 9.80 Å². The molecule has 19 heavy (non-hydrogen) atoms. The van der Waals surface area contributed by atoms with E-state index in [0.29, 0.717) is 0 Å². The summed E-state index contributed by atoms with van der Waals surface area (Å²) in [5.74, 6) is 1.69. The lowest BCUT2D eigenvalue weighted by Crippen LogP contribution is -2.44. The molecule has 0 spiro atoms. The molecule has 0 unspecified atom stereocenters. The second kappa shape index (κ2) is 8.97. The van der Waals surface area contributed by atoms with Crippen molar-refractivity contribution in [3.05, 3.63) is 0 Å². The van der Waals surface area contributed by atoms with Crippen LogP contribution in [0.15, 0.2) is 0 Å². The molecule has 0 atom stereocenters. The zero-order chi connectivity index (χ0) is 14.3. The molecule has 0 bridgehead atoms. The highest BCUT2D eigenvalue weighted by atomic mass is 15.2. The van der Waals surface area contributed by atoms with E-state index in [1.54, 1.807) is 0 Å². The Morgan fingerprint density at radius 2 is 1.58 bits per heavy atom. The Hall–Kier alpha value is -0.0800. The van der Waals surface area contributed by atoms with Crippen molar-refractivity contribution in [1.29, 1.82) is 0 Å². The van der Waals surface area contributed by atoms with Crippen molar-refractivity contribution in [3.8, 4) is 0 Å². The normalized spacial score (nSPS) is 18.9. The van der Waals surface area contributed by atoms with Crippen LogP contribution in [0.4, 0.5) is 0 Å². The zero-order valence-corrected chi connectivity index (χ0v) is 14.0. The van der Waals surface area contributed by atoms with Gasteiger partial charge in [0.25, 0.3) is 0 Å². The lowest BCUT2D eigenvalue weighted by atomic mass is 10.0. The van der Waals surface area contributed by atoms with Gasteiger partial charge in [-0.15, -0.1) is 0 Å². The Morgan fingerprint density at radius 1 is 1.00 bits per heavy atom. The molecule has 0 aromatic carbocycles. The molecule has 0 aromatic rings. The van der Waals surface area contributed by atoms with Crippen molar-refractivity contribution in [2.75, 3.05) is 33.2 Å². The predicted octanol–water partition coefficient (Wildman–Crippen LogP) is 3.86. The van der Waals surface area contributed by atoms with Crippen LogP contribution >= 0.6 is 0 Å². The van der Waals surface area contributed by atoms with Crippen LogP contribution < -0.4 is 0 Å². The van der Waals surface area contributed by atoms with Crippen molar-refractivity contribution in [1.82, 2.24) is 9.80 Å². The van der Waals surface area contributed by atoms with Gasteiger partial charge >= 0.3 is 0 Å². The zero-order valence-electron chi connectivity index (χ0n) is 14.0. The van der Waals surface area contributed by atoms with Crippen LogP contribution in [-0.2, 0) is 0 Å². The molecule has 114 valence electrons. The molecule has 0 N–H and O–H groups in total. The summed E-state index contributed by atoms with van der Waals surface area (Å²) in [4.78, 5) is 5.28. The summed E-state index contributed by atoms with van der Waals surface area (Å²) in [7, 11) is 2.32. The molecule has 1 aliphatic rings. The molecule has 0 radical (unpaired) electrons. The third-order valence-corrected chi connectivity index (χ3v) is 4.50. The van der Waals surface area contributed by atoms with Crippen LogP contribution in [0.25, 0.3) is 0 Å². The van der Waals surface area contributed by atoms with E-state index in [-0.39, 0.29) is 0 Å². The standard InChI is InChI=1S/C17H36N2/c1-15(2)7-6-11-19-13-9-17(10-14-19)18(5)12-8-16(3)4/h15-17H,6-14H2,1-5H3. The van der Waals surface area contributed by atoms with Gasteiger partial charge in [-0.1, -0.05) is 27.7 Å². The second-order valence-corrected chi connectivity index (χ2v) is 7.27. The quantitative estimate of drug-likeness (QED) is 0.659. The smallest absolute Gasteiger partial charge is 0.0117 e. The highest BCUT2D eigenvalue weighted by molar-refractivity contribution is 4.78. The van der Waals surface area contributed by atoms with Gasteiger partial charge in [-0.2, -0.15) is 0 Å². The largest absolute Gasteiger partial charge is 0.303 e. The third kappa shape index (κ3) is 7.31. The summed E-state index contributed by atoms with van der Waals surface area (Å²) in [6.07, 6.45) is 6.84. The number of hydrogen-bond acceptors (Lipinski definition) is 2. The third-order valence-electron chi connectivity index (χ3n) is 4.50. The van der Waals surface area contributed by atoms with Gasteiger partial charge in [0.1, 0.15) is 0 Å². The fourth-order valence-corrected chi connectivity index (χ4v) is 2.95. The molecule has 2 nitrogen and oxygen atoms in total. The minimum absolute atomic E-state index is 0.832. The average molecular weight is 268 g/mol. The van der Waals surface area contributed by atoms with Gasteiger partial charge in [0.05, 0.1) is 0 Å². The monoisotopic (exact) mass is 268 g/mol. The van der Waals surface area contributed by atoms with Gasteiger partial charge in [-0.3, -0.25) is 0 Å². The first-order valence-corrected chi connectivity index (χ1v) is 8.41. The second-order valence-electron chi connectivity index (χ2n) is 7.27. The van der Waals surface area contributed by atoms with Crippen LogP contribution in [0.1, 0.15) is 59.8 Å². The molecule has 1 fully saturated rings. The van der Waals surface area contributed by atoms with E-state index < -0.39 is 0 Å². The van der Waals surface area contributed by atoms with E-state index in [9.17, 15) is 0 Å². The molecule has 0 amide bonds. The number of hydrogen-bond donors (Lipinski definition) is 0. The van der Waals surface area contributed by atoms with Crippen LogP contribution in [0.5, 0.6) is 0 Å². The summed E-state index contributed by atoms with van der Waals surface area (Å²) < 4.78 is 0. The lowest BCUT2D eigenvalue weighted by molar-refractivity contribution is 0.122. The Morgan fingerprint density at radius 3 is 2.11 bits per heavy atom. The van der Waals surface area contributed by atoms with E-state index in [1.807, 2.05) is 0 Å². The van der Waals surface area contributed by atoms with E-state index in [1.165, 1.54) is 58.3 Å². The molecule has 1 heterocycles. The molecular weight excluding hydrogens is 232 g/mol. The maximum absolute atomic E-state index is 2.68. The van der Waals surface area contributed by atoms with Crippen molar-refractivity contribution in [2.45, 2.75) is 65.8 Å². The summed E-state index contributed by atoms with van der Waals surface area (Å²) in [6, 6.07) is 0.833. The van der Waals surface area contributed by atoms with Crippen LogP contribution in [-0.4, -0.2) is 49.1 Å². The highest BCUT2D eigenvalue weighted by Gasteiger charge is 2.21. The fraction of sp³-hybridized carbons (Fsp3) is 1.00. The van der Waals surface area contributed by atoms with Crippen LogP contribution in [0.3, 0.4) is 0 Å². The first-order valence-electron chi connectivity index (χ1n) is 8.41. The maximum atomic E-state index is 2.68. The van der Waals surface area contributed by atoms with Crippen molar-refractivity contribution >= 4 is 0 Å². The SMILES string of the molecule is CC(C)CCCN1CCC(N(C)CCC(C)C)CC1. The summed E-state index contributed by atoms with van der Waals surface area (Å²) in [6.45, 7) is 14.5. The Kier molecular flexibility index (Phi) is 8.01. The Balaban J connectivity index is 2.14. The van der Waals surface area contributed by atoms with Crippen molar-refractivity contribution in [3.63, 3.8) is 0 Å². The number of rotatable bonds is 8. The van der Waals surface area contributed by atoms with E-state index in [2.05, 4.69) is 44.5 Å². The number of piperidine rings is 1. The van der Waals surface area contributed by atoms with Gasteiger partial charge in [0.2, 0.25) is 0 Å². The molecule has 1 rings (SSSR count). The van der Waals surface area contributed by atoms with E-state index in [0.717, 1.165) is 17.9 Å². The van der Waals surface area contributed by atoms with Gasteiger partial charge in [-0.05, 0) is 77.2 Å². The van der Waals surface area contributed by atoms with Gasteiger partial charge in [0, 0.05) is 6.04 Å². The highest BCUT2D eigenvalue weighted by Crippen LogP contribution is 2.17. The first kappa shape index (κ1) is 17.0. The molecule has 1 aliphatic heterocycles. The molecule has 0 aromatic heterocycles. The van der Waals surface area contributed by atoms with Gasteiger partial charge in [-0.25, -0.2) is 0 Å². The maximum Gasteiger partial charge on any atom is 0.0117 e. The fourth-order valence-electron chi connectivity index (χ4n) is 2.95. The van der Waals surface area contributed by atoms with Crippen molar-refractivity contribution < 1.29 is 0 Å².